The van der Waals surface area contributed by atoms with Gasteiger partial charge >= 0.3 is 0 Å². The molecule has 48 valence electrons. The molecule has 0 saturated carbocycles. The molecule has 0 saturated heterocycles. The molecule has 0 bridgehead atoms. The number of aromatic amines is 1. The summed E-state index contributed by atoms with van der Waals surface area (Å²) in [4.78, 5) is 16.4. The van der Waals surface area contributed by atoms with Gasteiger partial charge in [-0.2, -0.15) is 0 Å². The van der Waals surface area contributed by atoms with Crippen molar-refractivity contribution in [2.45, 2.75) is 0 Å². The molecule has 0 atom stereocenters. The third-order valence-corrected chi connectivity index (χ3v) is 0.850. The second kappa shape index (κ2) is 1.77. The van der Waals surface area contributed by atoms with E-state index >= 15 is 0 Å². The third-order valence-electron chi connectivity index (χ3n) is 0.850. The molecule has 0 aliphatic carbocycles. The number of nitrogens with zero attached hydrogens (tertiary/aromatic N) is 1. The van der Waals surface area contributed by atoms with Gasteiger partial charge in [-0.3, -0.25) is 4.79 Å². The number of nitrogen functional groups attached to an aromatic ring is 1. The monoisotopic (exact) mass is 126 g/mol. The summed E-state index contributed by atoms with van der Waals surface area (Å²) in [6, 6.07) is 0. The summed E-state index contributed by atoms with van der Waals surface area (Å²) in [6.07, 6.45) is 1.36. The Kier molecular flexibility index (Phi) is 1.11. The van der Waals surface area contributed by atoms with Gasteiger partial charge in [0.2, 0.25) is 0 Å². The van der Waals surface area contributed by atoms with Gasteiger partial charge in [0, 0.05) is 6.20 Å². The third kappa shape index (κ3) is 0.987. The average Bonchev–Trinajstić information content (AvgIpc) is 2.14. The van der Waals surface area contributed by atoms with Crippen LogP contribution >= 0.6 is 0 Å². The Hall–Kier alpha value is -1.52. The molecule has 0 radical (unpaired) electrons. The van der Waals surface area contributed by atoms with Crippen LogP contribution < -0.4 is 11.5 Å². The molecular weight excluding hydrogens is 120 g/mol. The van der Waals surface area contributed by atoms with E-state index in [-0.39, 0.29) is 11.6 Å². The lowest BCUT2D eigenvalue weighted by Crippen LogP contribution is -2.11. The van der Waals surface area contributed by atoms with Crippen molar-refractivity contribution in [1.29, 1.82) is 0 Å². The summed E-state index contributed by atoms with van der Waals surface area (Å²) in [5.41, 5.74) is 10.2. The molecule has 1 rings (SSSR count). The number of amides is 1. The Balaban J connectivity index is 2.98. The minimum absolute atomic E-state index is 0.160. The molecule has 0 spiro atoms. The number of nitrogens with one attached hydrogen (secondary N) is 1. The first-order valence-corrected chi connectivity index (χ1v) is 2.31. The zero-order valence-electron chi connectivity index (χ0n) is 4.59. The topological polar surface area (TPSA) is 97.8 Å². The summed E-state index contributed by atoms with van der Waals surface area (Å²) in [6.45, 7) is 0. The largest absolute Gasteiger partial charge is 0.369 e. The van der Waals surface area contributed by atoms with Gasteiger partial charge in [-0.05, 0) is 0 Å². The lowest BCUT2D eigenvalue weighted by Gasteiger charge is -1.80. The molecule has 0 fully saturated rings. The van der Waals surface area contributed by atoms with Gasteiger partial charge < -0.3 is 16.5 Å². The quantitative estimate of drug-likeness (QED) is 0.454. The first-order chi connectivity index (χ1) is 4.20. The molecule has 5 heteroatoms. The number of carbonyl (C=O) groups is 1. The van der Waals surface area contributed by atoms with Crippen LogP contribution in [-0.4, -0.2) is 15.9 Å². The average molecular weight is 126 g/mol. The maximum atomic E-state index is 10.3. The number of carbonyl (C=O) groups excluding carboxylic acids is 1. The molecule has 9 heavy (non-hydrogen) atoms. The van der Waals surface area contributed by atoms with Crippen molar-refractivity contribution in [3.05, 3.63) is 11.9 Å². The molecule has 5 N–H and O–H groups in total. The van der Waals surface area contributed by atoms with Crippen molar-refractivity contribution in [1.82, 2.24) is 9.97 Å². The predicted molar refractivity (Wildman–Crippen MR) is 31.5 cm³/mol. The Morgan fingerprint density at radius 3 is 2.67 bits per heavy atom. The molecule has 1 aromatic heterocycles. The van der Waals surface area contributed by atoms with Gasteiger partial charge in [0.05, 0.1) is 0 Å². The fourth-order valence-electron chi connectivity index (χ4n) is 0.463. The van der Waals surface area contributed by atoms with Crippen LogP contribution in [0.4, 0.5) is 5.95 Å². The second-order valence-corrected chi connectivity index (χ2v) is 1.54. The summed E-state index contributed by atoms with van der Waals surface area (Å²) in [5, 5.41) is 0. The number of anilines is 1. The minimum Gasteiger partial charge on any atom is -0.369 e. The highest BCUT2D eigenvalue weighted by Crippen LogP contribution is 1.94. The fraction of sp³-hybridized carbons (Fsp3) is 0. The summed E-state index contributed by atoms with van der Waals surface area (Å²) < 4.78 is 0. The van der Waals surface area contributed by atoms with Gasteiger partial charge in [-0.25, -0.2) is 4.98 Å². The predicted octanol–water partition coefficient (Wildman–Crippen LogP) is -0.909. The Labute approximate surface area is 51.1 Å². The number of hydrogen-bond acceptors (Lipinski definition) is 3. The van der Waals surface area contributed by atoms with E-state index in [2.05, 4.69) is 9.97 Å². The van der Waals surface area contributed by atoms with Crippen LogP contribution in [-0.2, 0) is 0 Å². The molecule has 1 heterocycles. The van der Waals surface area contributed by atoms with Crippen molar-refractivity contribution < 1.29 is 4.79 Å². The molecule has 5 nitrogen and oxygen atoms in total. The molecule has 0 aliphatic rings. The number of H-pyrrole nitrogens is 1. The van der Waals surface area contributed by atoms with Crippen LogP contribution in [0, 0.1) is 0 Å². The molecule has 1 amide bonds. The van der Waals surface area contributed by atoms with Gasteiger partial charge in [-0.1, -0.05) is 0 Å². The fourth-order valence-corrected chi connectivity index (χ4v) is 0.463. The van der Waals surface area contributed by atoms with E-state index in [1.165, 1.54) is 6.20 Å². The van der Waals surface area contributed by atoms with E-state index in [0.717, 1.165) is 0 Å². The normalized spacial score (nSPS) is 9.33. The van der Waals surface area contributed by atoms with Gasteiger partial charge in [0.15, 0.2) is 5.95 Å². The van der Waals surface area contributed by atoms with E-state index in [1.807, 2.05) is 0 Å². The summed E-state index contributed by atoms with van der Waals surface area (Å²) in [5.74, 6) is -0.383. The Morgan fingerprint density at radius 2 is 2.44 bits per heavy atom. The smallest absolute Gasteiger partial charge is 0.268 e. The van der Waals surface area contributed by atoms with Crippen molar-refractivity contribution in [3.8, 4) is 0 Å². The van der Waals surface area contributed by atoms with Crippen LogP contribution in [0.5, 0.6) is 0 Å². The number of imidazole rings is 1. The van der Waals surface area contributed by atoms with Crippen LogP contribution in [0.3, 0.4) is 0 Å². The maximum Gasteiger partial charge on any atom is 0.268 e. The van der Waals surface area contributed by atoms with Gasteiger partial charge in [-0.15, -0.1) is 0 Å². The number of primary amides is 1. The highest BCUT2D eigenvalue weighted by atomic mass is 16.1. The maximum absolute atomic E-state index is 10.3. The first kappa shape index (κ1) is 5.61. The van der Waals surface area contributed by atoms with Crippen molar-refractivity contribution >= 4 is 11.9 Å². The van der Waals surface area contributed by atoms with E-state index in [0.29, 0.717) is 0 Å². The molecular formula is C4H6N4O. The Bertz CT molecular complexity index is 228. The van der Waals surface area contributed by atoms with Gasteiger partial charge in [0.1, 0.15) is 5.69 Å². The summed E-state index contributed by atoms with van der Waals surface area (Å²) in [7, 11) is 0. The Morgan fingerprint density at radius 1 is 1.78 bits per heavy atom. The number of aromatic nitrogens is 2. The number of hydrogen-bond donors (Lipinski definition) is 3. The standard InChI is InChI=1S/C4H6N4O/c5-3(9)2-1-7-4(6)8-2/h1H,(H2,5,9)(H3,6,7,8). The van der Waals surface area contributed by atoms with Crippen LogP contribution in [0.2, 0.25) is 0 Å². The molecule has 1 aromatic rings. The number of nitrogens with two attached hydrogens (primary N) is 2. The van der Waals surface area contributed by atoms with E-state index in [4.69, 9.17) is 11.5 Å². The molecule has 0 unspecified atom stereocenters. The van der Waals surface area contributed by atoms with Gasteiger partial charge in [0.25, 0.3) is 5.91 Å². The van der Waals surface area contributed by atoms with Crippen molar-refractivity contribution in [2.75, 3.05) is 5.73 Å². The lowest BCUT2D eigenvalue weighted by molar-refractivity contribution is 0.0996. The highest BCUT2D eigenvalue weighted by molar-refractivity contribution is 5.90. The highest BCUT2D eigenvalue weighted by Gasteiger charge is 2.01. The van der Waals surface area contributed by atoms with E-state index < -0.39 is 5.91 Å². The van der Waals surface area contributed by atoms with E-state index in [1.54, 1.807) is 0 Å². The van der Waals surface area contributed by atoms with Crippen molar-refractivity contribution in [3.63, 3.8) is 0 Å². The SMILES string of the molecule is NC(=O)c1c[nH]c(N)n1. The van der Waals surface area contributed by atoms with Crippen LogP contribution in [0.15, 0.2) is 6.20 Å². The molecule has 0 aromatic carbocycles. The number of rotatable bonds is 1. The second-order valence-electron chi connectivity index (χ2n) is 1.54. The van der Waals surface area contributed by atoms with Crippen molar-refractivity contribution in [2.24, 2.45) is 5.73 Å². The lowest BCUT2D eigenvalue weighted by atomic mass is 10.5. The molecule has 0 aliphatic heterocycles. The van der Waals surface area contributed by atoms with E-state index in [9.17, 15) is 4.79 Å². The summed E-state index contributed by atoms with van der Waals surface area (Å²) >= 11 is 0. The van der Waals surface area contributed by atoms with Crippen LogP contribution in [0.25, 0.3) is 0 Å². The zero-order valence-corrected chi connectivity index (χ0v) is 4.59. The van der Waals surface area contributed by atoms with Crippen LogP contribution in [0.1, 0.15) is 10.5 Å². The zero-order chi connectivity index (χ0) is 6.85. The minimum atomic E-state index is -0.581. The first-order valence-electron chi connectivity index (χ1n) is 2.31.